The van der Waals surface area contributed by atoms with Crippen LogP contribution in [-0.4, -0.2) is 33.9 Å². The molecular formula is C23H26N4OS2. The molecule has 4 rings (SSSR count). The quantitative estimate of drug-likeness (QED) is 0.506. The Bertz CT molecular complexity index is 951. The zero-order chi connectivity index (χ0) is 20.8. The number of piperidine rings is 1. The number of benzene rings is 1. The summed E-state index contributed by atoms with van der Waals surface area (Å²) in [5.74, 6) is 1.56. The van der Waals surface area contributed by atoms with Crippen LogP contribution in [0.5, 0.6) is 0 Å². The molecule has 1 fully saturated rings. The molecule has 0 radical (unpaired) electrons. The van der Waals surface area contributed by atoms with Crippen molar-refractivity contribution < 1.29 is 4.79 Å². The molecule has 0 unspecified atom stereocenters. The fourth-order valence-corrected chi connectivity index (χ4v) is 4.94. The van der Waals surface area contributed by atoms with Crippen molar-refractivity contribution in [2.24, 2.45) is 5.92 Å². The van der Waals surface area contributed by atoms with Crippen molar-refractivity contribution in [3.63, 3.8) is 0 Å². The van der Waals surface area contributed by atoms with E-state index in [2.05, 4.69) is 33.2 Å². The zero-order valence-corrected chi connectivity index (χ0v) is 18.7. The van der Waals surface area contributed by atoms with Crippen LogP contribution in [0.25, 0.3) is 0 Å². The largest absolute Gasteiger partial charge is 0.298 e. The summed E-state index contributed by atoms with van der Waals surface area (Å²) in [4.78, 5) is 24.9. The molecule has 0 atom stereocenters. The second-order valence-corrected chi connectivity index (χ2v) is 9.64. The average Bonchev–Trinajstić information content (AvgIpc) is 3.21. The molecule has 0 saturated carbocycles. The minimum atomic E-state index is -0.119. The second kappa shape index (κ2) is 10.2. The molecule has 1 amide bonds. The number of carbonyl (C=O) groups excluding carboxylic acids is 1. The van der Waals surface area contributed by atoms with E-state index < -0.39 is 0 Å². The van der Waals surface area contributed by atoms with E-state index in [1.807, 2.05) is 41.9 Å². The molecule has 30 heavy (non-hydrogen) atoms. The highest BCUT2D eigenvalue weighted by atomic mass is 32.2. The van der Waals surface area contributed by atoms with Crippen molar-refractivity contribution >= 4 is 34.1 Å². The predicted octanol–water partition coefficient (Wildman–Crippen LogP) is 5.31. The number of rotatable bonds is 7. The van der Waals surface area contributed by atoms with Crippen LogP contribution < -0.4 is 5.32 Å². The van der Waals surface area contributed by atoms with Crippen LogP contribution in [0.1, 0.15) is 41.4 Å². The molecule has 7 heteroatoms. The molecular weight excluding hydrogens is 412 g/mol. The van der Waals surface area contributed by atoms with E-state index in [-0.39, 0.29) is 5.91 Å². The normalized spacial score (nSPS) is 15.2. The van der Waals surface area contributed by atoms with Gasteiger partial charge in [0.2, 0.25) is 0 Å². The number of hydrogen-bond donors (Lipinski definition) is 1. The molecule has 1 saturated heterocycles. The van der Waals surface area contributed by atoms with E-state index in [1.165, 1.54) is 29.7 Å². The molecule has 3 heterocycles. The summed E-state index contributed by atoms with van der Waals surface area (Å²) in [6.07, 6.45) is 6.17. The van der Waals surface area contributed by atoms with E-state index in [9.17, 15) is 4.79 Å². The number of aromatic nitrogens is 2. The minimum absolute atomic E-state index is 0.119. The topological polar surface area (TPSA) is 58.1 Å². The van der Waals surface area contributed by atoms with Crippen molar-refractivity contribution in [1.82, 2.24) is 14.9 Å². The first-order valence-electron chi connectivity index (χ1n) is 10.3. The monoisotopic (exact) mass is 438 g/mol. The standard InChI is InChI=1S/C23H26N4OS2/c1-17-8-11-27(12-9-17)14-20-16-30-23(25-20)26-22(28)19-4-6-21(7-5-19)29-15-18-3-2-10-24-13-18/h2-7,10,13,16-17H,8-9,11-12,14-15H2,1H3,(H,25,26,28). The van der Waals surface area contributed by atoms with Crippen LogP contribution in [0.2, 0.25) is 0 Å². The first-order valence-corrected chi connectivity index (χ1v) is 12.1. The lowest BCUT2D eigenvalue weighted by Gasteiger charge is -2.29. The lowest BCUT2D eigenvalue weighted by molar-refractivity contribution is 0.102. The Morgan fingerprint density at radius 2 is 2.03 bits per heavy atom. The van der Waals surface area contributed by atoms with Crippen LogP contribution in [0.3, 0.4) is 0 Å². The smallest absolute Gasteiger partial charge is 0.257 e. The molecule has 1 aliphatic heterocycles. The first kappa shape index (κ1) is 21.0. The van der Waals surface area contributed by atoms with Crippen molar-refractivity contribution in [3.05, 3.63) is 71.0 Å². The summed E-state index contributed by atoms with van der Waals surface area (Å²) in [6.45, 7) is 5.44. The number of anilines is 1. The average molecular weight is 439 g/mol. The van der Waals surface area contributed by atoms with Crippen molar-refractivity contribution in [2.45, 2.75) is 37.0 Å². The minimum Gasteiger partial charge on any atom is -0.298 e. The maximum atomic E-state index is 12.6. The number of pyridine rings is 1. The van der Waals surface area contributed by atoms with Gasteiger partial charge in [0.25, 0.3) is 5.91 Å². The van der Waals surface area contributed by atoms with E-state index in [4.69, 9.17) is 0 Å². The van der Waals surface area contributed by atoms with E-state index in [0.29, 0.717) is 10.7 Å². The lowest BCUT2D eigenvalue weighted by atomic mass is 9.99. The van der Waals surface area contributed by atoms with Gasteiger partial charge < -0.3 is 0 Å². The molecule has 156 valence electrons. The predicted molar refractivity (Wildman–Crippen MR) is 124 cm³/mol. The fraction of sp³-hybridized carbons (Fsp3) is 0.348. The number of nitrogens with zero attached hydrogens (tertiary/aromatic N) is 3. The summed E-state index contributed by atoms with van der Waals surface area (Å²) < 4.78 is 0. The van der Waals surface area contributed by atoms with Crippen molar-refractivity contribution in [2.75, 3.05) is 18.4 Å². The molecule has 0 aliphatic carbocycles. The third-order valence-electron chi connectivity index (χ3n) is 5.28. The van der Waals surface area contributed by atoms with Crippen molar-refractivity contribution in [1.29, 1.82) is 0 Å². The Kier molecular flexibility index (Phi) is 7.15. The van der Waals surface area contributed by atoms with Gasteiger partial charge in [0.05, 0.1) is 5.69 Å². The number of nitrogens with one attached hydrogen (secondary N) is 1. The number of carbonyl (C=O) groups is 1. The Hall–Kier alpha value is -2.22. The van der Waals surface area contributed by atoms with Gasteiger partial charge in [0.15, 0.2) is 5.13 Å². The van der Waals surface area contributed by atoms with Crippen LogP contribution >= 0.6 is 23.1 Å². The molecule has 1 aromatic carbocycles. The summed E-state index contributed by atoms with van der Waals surface area (Å²) in [7, 11) is 0. The molecule has 3 aromatic rings. The molecule has 5 nitrogen and oxygen atoms in total. The number of likely N-dealkylation sites (tertiary alicyclic amines) is 1. The third kappa shape index (κ3) is 5.90. The van der Waals surface area contributed by atoms with Crippen LogP contribution in [-0.2, 0) is 12.3 Å². The highest BCUT2D eigenvalue weighted by Crippen LogP contribution is 2.24. The molecule has 0 bridgehead atoms. The summed E-state index contributed by atoms with van der Waals surface area (Å²) in [5.41, 5.74) is 2.86. The summed E-state index contributed by atoms with van der Waals surface area (Å²) in [5, 5.41) is 5.64. The molecule has 1 N–H and O–H groups in total. The van der Waals surface area contributed by atoms with Gasteiger partial charge in [-0.15, -0.1) is 23.1 Å². The summed E-state index contributed by atoms with van der Waals surface area (Å²) >= 11 is 3.22. The van der Waals surface area contributed by atoms with Crippen LogP contribution in [0.4, 0.5) is 5.13 Å². The number of amides is 1. The molecule has 1 aliphatic rings. The Morgan fingerprint density at radius 1 is 1.23 bits per heavy atom. The van der Waals surface area contributed by atoms with Gasteiger partial charge in [-0.2, -0.15) is 0 Å². The zero-order valence-electron chi connectivity index (χ0n) is 17.1. The van der Waals surface area contributed by atoms with Gasteiger partial charge in [0.1, 0.15) is 0 Å². The maximum Gasteiger partial charge on any atom is 0.257 e. The second-order valence-electron chi connectivity index (χ2n) is 7.73. The number of thioether (sulfide) groups is 1. The van der Waals surface area contributed by atoms with E-state index >= 15 is 0 Å². The number of hydrogen-bond acceptors (Lipinski definition) is 6. The lowest BCUT2D eigenvalue weighted by Crippen LogP contribution is -2.32. The summed E-state index contributed by atoms with van der Waals surface area (Å²) in [6, 6.07) is 11.7. The Labute approximate surface area is 185 Å². The first-order chi connectivity index (χ1) is 14.7. The number of thiazole rings is 1. The van der Waals surface area contributed by atoms with Gasteiger partial charge in [-0.05, 0) is 67.7 Å². The fourth-order valence-electron chi connectivity index (χ4n) is 3.41. The van der Waals surface area contributed by atoms with Gasteiger partial charge in [-0.25, -0.2) is 4.98 Å². The van der Waals surface area contributed by atoms with E-state index in [1.54, 1.807) is 18.0 Å². The third-order valence-corrected chi connectivity index (χ3v) is 7.17. The highest BCUT2D eigenvalue weighted by molar-refractivity contribution is 7.98. The van der Waals surface area contributed by atoms with Gasteiger partial charge in [0, 0.05) is 40.5 Å². The van der Waals surface area contributed by atoms with Crippen molar-refractivity contribution in [3.8, 4) is 0 Å². The highest BCUT2D eigenvalue weighted by Gasteiger charge is 2.17. The van der Waals surface area contributed by atoms with Crippen LogP contribution in [0, 0.1) is 5.92 Å². The van der Waals surface area contributed by atoms with Gasteiger partial charge in [-0.3, -0.25) is 20.0 Å². The SMILES string of the molecule is CC1CCN(Cc2csc(NC(=O)c3ccc(SCc4cccnc4)cc3)n2)CC1. The maximum absolute atomic E-state index is 12.6. The molecule has 2 aromatic heterocycles. The Balaban J connectivity index is 1.28. The van der Waals surface area contributed by atoms with E-state index in [0.717, 1.165) is 41.9 Å². The molecule has 0 spiro atoms. The van der Waals surface area contributed by atoms with Gasteiger partial charge >= 0.3 is 0 Å². The van der Waals surface area contributed by atoms with Crippen LogP contribution in [0.15, 0.2) is 59.1 Å². The Morgan fingerprint density at radius 3 is 2.77 bits per heavy atom. The van der Waals surface area contributed by atoms with Gasteiger partial charge in [-0.1, -0.05) is 13.0 Å².